The molecule has 0 aromatic rings. The second-order valence-electron chi connectivity index (χ2n) is 4.79. The summed E-state index contributed by atoms with van der Waals surface area (Å²) >= 11 is 0. The minimum Gasteiger partial charge on any atom is -0.299 e. The van der Waals surface area contributed by atoms with Gasteiger partial charge >= 0.3 is 0 Å². The van der Waals surface area contributed by atoms with E-state index in [0.29, 0.717) is 12.1 Å². The topological polar surface area (TPSA) is 6.48 Å². The SMILES string of the molecule is CC(C)N1CC[C@H](N2CC(F)(F)C2)C1. The van der Waals surface area contributed by atoms with Gasteiger partial charge in [0.15, 0.2) is 0 Å². The molecule has 2 heterocycles. The molecular formula is C10H18F2N2. The summed E-state index contributed by atoms with van der Waals surface area (Å²) in [5, 5.41) is 0. The molecule has 2 saturated heterocycles. The minimum atomic E-state index is -2.41. The highest BCUT2D eigenvalue weighted by molar-refractivity contribution is 4.95. The quantitative estimate of drug-likeness (QED) is 0.671. The summed E-state index contributed by atoms with van der Waals surface area (Å²) in [6, 6.07) is 0.916. The van der Waals surface area contributed by atoms with Gasteiger partial charge in [0.25, 0.3) is 5.92 Å². The Morgan fingerprint density at radius 1 is 1.29 bits per heavy atom. The summed E-state index contributed by atoms with van der Waals surface area (Å²) in [5.74, 6) is -2.41. The van der Waals surface area contributed by atoms with Crippen molar-refractivity contribution in [1.29, 1.82) is 0 Å². The van der Waals surface area contributed by atoms with Crippen molar-refractivity contribution in [2.75, 3.05) is 26.2 Å². The lowest BCUT2D eigenvalue weighted by Gasteiger charge is -2.42. The summed E-state index contributed by atoms with van der Waals surface area (Å²) in [7, 11) is 0. The van der Waals surface area contributed by atoms with Crippen LogP contribution >= 0.6 is 0 Å². The van der Waals surface area contributed by atoms with Crippen LogP contribution in [0.15, 0.2) is 0 Å². The Morgan fingerprint density at radius 3 is 2.36 bits per heavy atom. The molecule has 1 atom stereocenters. The Bertz CT molecular complexity index is 210. The highest BCUT2D eigenvalue weighted by Gasteiger charge is 2.47. The van der Waals surface area contributed by atoms with Crippen molar-refractivity contribution >= 4 is 0 Å². The van der Waals surface area contributed by atoms with Gasteiger partial charge in [0, 0.05) is 25.2 Å². The molecule has 0 radical (unpaired) electrons. The Kier molecular flexibility index (Phi) is 2.52. The molecule has 0 spiro atoms. The van der Waals surface area contributed by atoms with Gasteiger partial charge < -0.3 is 0 Å². The van der Waals surface area contributed by atoms with Gasteiger partial charge in [-0.05, 0) is 20.3 Å². The number of alkyl halides is 2. The van der Waals surface area contributed by atoms with E-state index in [1.165, 1.54) is 0 Å². The average molecular weight is 204 g/mol. The van der Waals surface area contributed by atoms with Crippen molar-refractivity contribution in [2.24, 2.45) is 0 Å². The van der Waals surface area contributed by atoms with Gasteiger partial charge in [0.1, 0.15) is 0 Å². The molecule has 0 aromatic heterocycles. The molecule has 0 saturated carbocycles. The Labute approximate surface area is 83.9 Å². The maximum absolute atomic E-state index is 12.6. The molecule has 0 N–H and O–H groups in total. The van der Waals surface area contributed by atoms with Crippen LogP contribution in [0.3, 0.4) is 0 Å². The highest BCUT2D eigenvalue weighted by Crippen LogP contribution is 2.31. The summed E-state index contributed by atoms with van der Waals surface area (Å²) in [6.45, 7) is 6.30. The molecule has 14 heavy (non-hydrogen) atoms. The smallest absolute Gasteiger partial charge is 0.272 e. The first kappa shape index (κ1) is 10.3. The first-order valence-electron chi connectivity index (χ1n) is 5.34. The van der Waals surface area contributed by atoms with Crippen LogP contribution in [-0.2, 0) is 0 Å². The van der Waals surface area contributed by atoms with Gasteiger partial charge in [-0.2, -0.15) is 0 Å². The number of nitrogens with zero attached hydrogens (tertiary/aromatic N) is 2. The van der Waals surface area contributed by atoms with Crippen molar-refractivity contribution < 1.29 is 8.78 Å². The third-order valence-electron chi connectivity index (χ3n) is 3.31. The zero-order chi connectivity index (χ0) is 10.3. The molecule has 0 amide bonds. The number of hydrogen-bond acceptors (Lipinski definition) is 2. The molecule has 4 heteroatoms. The molecule has 2 rings (SSSR count). The predicted molar refractivity (Wildman–Crippen MR) is 51.6 cm³/mol. The molecule has 2 fully saturated rings. The Morgan fingerprint density at radius 2 is 1.93 bits per heavy atom. The minimum absolute atomic E-state index is 0.0242. The Balaban J connectivity index is 1.80. The van der Waals surface area contributed by atoms with Crippen LogP contribution in [0.4, 0.5) is 8.78 Å². The first-order chi connectivity index (χ1) is 6.48. The number of rotatable bonds is 2. The molecule has 0 bridgehead atoms. The number of likely N-dealkylation sites (tertiary alicyclic amines) is 2. The zero-order valence-electron chi connectivity index (χ0n) is 8.84. The third-order valence-corrected chi connectivity index (χ3v) is 3.31. The fourth-order valence-corrected chi connectivity index (χ4v) is 2.34. The van der Waals surface area contributed by atoms with Gasteiger partial charge in [0.05, 0.1) is 13.1 Å². The molecular weight excluding hydrogens is 186 g/mol. The van der Waals surface area contributed by atoms with Crippen LogP contribution in [-0.4, -0.2) is 54.0 Å². The number of hydrogen-bond donors (Lipinski definition) is 0. The average Bonchev–Trinajstić information content (AvgIpc) is 2.47. The van der Waals surface area contributed by atoms with E-state index in [0.717, 1.165) is 19.5 Å². The number of halogens is 2. The van der Waals surface area contributed by atoms with Crippen LogP contribution < -0.4 is 0 Å². The van der Waals surface area contributed by atoms with Gasteiger partial charge in [-0.3, -0.25) is 9.80 Å². The lowest BCUT2D eigenvalue weighted by molar-refractivity contribution is -0.144. The van der Waals surface area contributed by atoms with Gasteiger partial charge in [-0.1, -0.05) is 0 Å². The predicted octanol–water partition coefficient (Wildman–Crippen LogP) is 1.42. The van der Waals surface area contributed by atoms with Crippen molar-refractivity contribution in [3.63, 3.8) is 0 Å². The van der Waals surface area contributed by atoms with Crippen LogP contribution in [0.25, 0.3) is 0 Å². The Hall–Kier alpha value is -0.220. The highest BCUT2D eigenvalue weighted by atomic mass is 19.3. The molecule has 2 nitrogen and oxygen atoms in total. The molecule has 0 aliphatic carbocycles. The zero-order valence-corrected chi connectivity index (χ0v) is 8.84. The van der Waals surface area contributed by atoms with Gasteiger partial charge in [-0.25, -0.2) is 8.78 Å². The van der Waals surface area contributed by atoms with E-state index in [1.54, 1.807) is 0 Å². The van der Waals surface area contributed by atoms with E-state index < -0.39 is 5.92 Å². The molecule has 0 unspecified atom stereocenters. The lowest BCUT2D eigenvalue weighted by Crippen LogP contribution is -2.60. The summed E-state index contributed by atoms with van der Waals surface area (Å²) < 4.78 is 25.3. The summed E-state index contributed by atoms with van der Waals surface area (Å²) in [4.78, 5) is 4.28. The van der Waals surface area contributed by atoms with E-state index in [1.807, 2.05) is 4.90 Å². The largest absolute Gasteiger partial charge is 0.299 e. The lowest BCUT2D eigenvalue weighted by atomic mass is 10.1. The fourth-order valence-electron chi connectivity index (χ4n) is 2.34. The van der Waals surface area contributed by atoms with E-state index in [4.69, 9.17) is 0 Å². The molecule has 82 valence electrons. The van der Waals surface area contributed by atoms with Gasteiger partial charge in [0.2, 0.25) is 0 Å². The first-order valence-corrected chi connectivity index (χ1v) is 5.34. The van der Waals surface area contributed by atoms with Crippen LogP contribution in [0.2, 0.25) is 0 Å². The molecule has 2 aliphatic heterocycles. The van der Waals surface area contributed by atoms with Crippen molar-refractivity contribution in [3.05, 3.63) is 0 Å². The van der Waals surface area contributed by atoms with Crippen molar-refractivity contribution in [2.45, 2.75) is 38.3 Å². The van der Waals surface area contributed by atoms with E-state index in [9.17, 15) is 8.78 Å². The standard InChI is InChI=1S/C10H18F2N2/c1-8(2)13-4-3-9(5-13)14-6-10(11,12)7-14/h8-9H,3-7H2,1-2H3/t9-/m0/s1. The van der Waals surface area contributed by atoms with E-state index in [2.05, 4.69) is 18.7 Å². The second-order valence-corrected chi connectivity index (χ2v) is 4.79. The molecule has 2 aliphatic rings. The monoisotopic (exact) mass is 204 g/mol. The van der Waals surface area contributed by atoms with Crippen molar-refractivity contribution in [3.8, 4) is 0 Å². The fraction of sp³-hybridized carbons (Fsp3) is 1.00. The van der Waals surface area contributed by atoms with E-state index >= 15 is 0 Å². The van der Waals surface area contributed by atoms with E-state index in [-0.39, 0.29) is 13.1 Å². The summed E-state index contributed by atoms with van der Waals surface area (Å²) in [6.07, 6.45) is 1.05. The van der Waals surface area contributed by atoms with Crippen LogP contribution in [0.1, 0.15) is 20.3 Å². The normalized spacial score (nSPS) is 33.6. The maximum atomic E-state index is 12.6. The van der Waals surface area contributed by atoms with Crippen molar-refractivity contribution in [1.82, 2.24) is 9.80 Å². The second kappa shape index (κ2) is 3.42. The van der Waals surface area contributed by atoms with Crippen LogP contribution in [0, 0.1) is 0 Å². The third kappa shape index (κ3) is 1.91. The summed E-state index contributed by atoms with van der Waals surface area (Å²) in [5.41, 5.74) is 0. The maximum Gasteiger partial charge on any atom is 0.272 e. The molecule has 0 aromatic carbocycles. The van der Waals surface area contributed by atoms with Crippen LogP contribution in [0.5, 0.6) is 0 Å². The van der Waals surface area contributed by atoms with Gasteiger partial charge in [-0.15, -0.1) is 0 Å².